The van der Waals surface area contributed by atoms with Crippen molar-refractivity contribution in [2.24, 2.45) is 0 Å². The molecule has 2 heterocycles. The number of hydrogen-bond donors (Lipinski definition) is 1. The van der Waals surface area contributed by atoms with E-state index in [1.54, 1.807) is 0 Å². The molecule has 2 aromatic rings. The summed E-state index contributed by atoms with van der Waals surface area (Å²) in [5, 5.41) is 7.19. The molecule has 0 aromatic carbocycles. The highest BCUT2D eigenvalue weighted by Gasteiger charge is 2.27. The Balaban J connectivity index is 1.93. The lowest BCUT2D eigenvalue weighted by Gasteiger charge is -1.94. The van der Waals surface area contributed by atoms with Gasteiger partial charge >= 0.3 is 0 Å². The van der Waals surface area contributed by atoms with Crippen molar-refractivity contribution in [2.75, 3.05) is 0 Å². The summed E-state index contributed by atoms with van der Waals surface area (Å²) < 4.78 is 0. The molecule has 4 nitrogen and oxygen atoms in total. The lowest BCUT2D eigenvalue weighted by atomic mass is 10.2. The van der Waals surface area contributed by atoms with Crippen molar-refractivity contribution in [3.8, 4) is 11.4 Å². The standard InChI is InChI=1S/C11H12N4/c1-7-2-3-9(6-12-7)11-13-10(14-15-11)8-4-5-8/h2-3,6,8H,4-5H2,1H3,(H,13,14,15). The summed E-state index contributed by atoms with van der Waals surface area (Å²) in [6.45, 7) is 1.97. The molecule has 0 saturated heterocycles. The zero-order chi connectivity index (χ0) is 10.3. The smallest absolute Gasteiger partial charge is 0.182 e. The Labute approximate surface area is 87.8 Å². The largest absolute Gasteiger partial charge is 0.262 e. The number of nitrogens with zero attached hydrogens (tertiary/aromatic N) is 3. The van der Waals surface area contributed by atoms with Gasteiger partial charge in [-0.05, 0) is 31.9 Å². The molecular formula is C11H12N4. The van der Waals surface area contributed by atoms with Crippen molar-refractivity contribution in [1.82, 2.24) is 20.2 Å². The van der Waals surface area contributed by atoms with Crippen molar-refractivity contribution in [3.05, 3.63) is 29.8 Å². The van der Waals surface area contributed by atoms with E-state index in [0.717, 1.165) is 22.9 Å². The molecular weight excluding hydrogens is 188 g/mol. The SMILES string of the molecule is Cc1ccc(-c2n[nH]c(C3CC3)n2)cn1. The van der Waals surface area contributed by atoms with Gasteiger partial charge in [0.15, 0.2) is 5.82 Å². The number of aryl methyl sites for hydroxylation is 1. The normalized spacial score (nSPS) is 15.5. The summed E-state index contributed by atoms with van der Waals surface area (Å²) in [4.78, 5) is 8.70. The van der Waals surface area contributed by atoms with Gasteiger partial charge in [0.05, 0.1) is 0 Å². The van der Waals surface area contributed by atoms with E-state index < -0.39 is 0 Å². The highest BCUT2D eigenvalue weighted by molar-refractivity contribution is 5.52. The number of rotatable bonds is 2. The minimum atomic E-state index is 0.615. The minimum absolute atomic E-state index is 0.615. The molecule has 1 N–H and O–H groups in total. The first-order valence-electron chi connectivity index (χ1n) is 5.18. The molecule has 0 radical (unpaired) electrons. The van der Waals surface area contributed by atoms with Crippen molar-refractivity contribution in [2.45, 2.75) is 25.7 Å². The summed E-state index contributed by atoms with van der Waals surface area (Å²) in [5.74, 6) is 2.39. The third kappa shape index (κ3) is 1.63. The zero-order valence-corrected chi connectivity index (χ0v) is 8.57. The third-order valence-corrected chi connectivity index (χ3v) is 2.64. The van der Waals surface area contributed by atoms with Crippen molar-refractivity contribution in [3.63, 3.8) is 0 Å². The van der Waals surface area contributed by atoms with Gasteiger partial charge in [-0.25, -0.2) is 4.98 Å². The number of aromatic amines is 1. The second kappa shape index (κ2) is 3.15. The monoisotopic (exact) mass is 200 g/mol. The molecule has 0 bridgehead atoms. The van der Waals surface area contributed by atoms with E-state index in [-0.39, 0.29) is 0 Å². The Hall–Kier alpha value is -1.71. The summed E-state index contributed by atoms with van der Waals surface area (Å²) in [5.41, 5.74) is 1.99. The zero-order valence-electron chi connectivity index (χ0n) is 8.57. The van der Waals surface area contributed by atoms with E-state index in [2.05, 4.69) is 20.2 Å². The highest BCUT2D eigenvalue weighted by atomic mass is 15.2. The van der Waals surface area contributed by atoms with Crippen LogP contribution in [0.5, 0.6) is 0 Å². The molecule has 76 valence electrons. The average molecular weight is 200 g/mol. The molecule has 0 aliphatic heterocycles. The maximum Gasteiger partial charge on any atom is 0.182 e. The molecule has 1 aliphatic rings. The van der Waals surface area contributed by atoms with Crippen LogP contribution in [-0.2, 0) is 0 Å². The van der Waals surface area contributed by atoms with Crippen molar-refractivity contribution >= 4 is 0 Å². The maximum atomic E-state index is 4.47. The summed E-state index contributed by atoms with van der Waals surface area (Å²) in [6, 6.07) is 3.98. The molecule has 1 fully saturated rings. The lowest BCUT2D eigenvalue weighted by Crippen LogP contribution is -1.85. The summed E-state index contributed by atoms with van der Waals surface area (Å²) in [7, 11) is 0. The Morgan fingerprint density at radius 2 is 2.20 bits per heavy atom. The van der Waals surface area contributed by atoms with Gasteiger partial charge in [0, 0.05) is 23.4 Å². The second-order valence-electron chi connectivity index (χ2n) is 4.01. The number of pyridine rings is 1. The van der Waals surface area contributed by atoms with Crippen LogP contribution in [0.4, 0.5) is 0 Å². The van der Waals surface area contributed by atoms with E-state index in [1.807, 2.05) is 25.3 Å². The quantitative estimate of drug-likeness (QED) is 0.807. The Morgan fingerprint density at radius 3 is 2.87 bits per heavy atom. The van der Waals surface area contributed by atoms with E-state index >= 15 is 0 Å². The average Bonchev–Trinajstić information content (AvgIpc) is 2.99. The second-order valence-corrected chi connectivity index (χ2v) is 4.01. The van der Waals surface area contributed by atoms with Crippen LogP contribution in [-0.4, -0.2) is 20.2 Å². The van der Waals surface area contributed by atoms with Gasteiger partial charge in [0.1, 0.15) is 5.82 Å². The molecule has 1 aliphatic carbocycles. The van der Waals surface area contributed by atoms with Crippen LogP contribution < -0.4 is 0 Å². The number of H-pyrrole nitrogens is 1. The van der Waals surface area contributed by atoms with Crippen molar-refractivity contribution < 1.29 is 0 Å². The molecule has 0 amide bonds. The first-order chi connectivity index (χ1) is 7.33. The number of hydrogen-bond acceptors (Lipinski definition) is 3. The topological polar surface area (TPSA) is 54.5 Å². The summed E-state index contributed by atoms with van der Waals surface area (Å²) >= 11 is 0. The Morgan fingerprint density at radius 1 is 1.33 bits per heavy atom. The fraction of sp³-hybridized carbons (Fsp3) is 0.364. The van der Waals surface area contributed by atoms with Gasteiger partial charge in [0.2, 0.25) is 0 Å². The van der Waals surface area contributed by atoms with Gasteiger partial charge in [0.25, 0.3) is 0 Å². The predicted octanol–water partition coefficient (Wildman–Crippen LogP) is 2.05. The maximum absolute atomic E-state index is 4.47. The van der Waals surface area contributed by atoms with E-state index in [0.29, 0.717) is 5.92 Å². The molecule has 15 heavy (non-hydrogen) atoms. The van der Waals surface area contributed by atoms with Crippen LogP contribution in [0.1, 0.15) is 30.3 Å². The molecule has 0 atom stereocenters. The van der Waals surface area contributed by atoms with Crippen LogP contribution in [0.25, 0.3) is 11.4 Å². The van der Waals surface area contributed by atoms with E-state index in [4.69, 9.17) is 0 Å². The van der Waals surface area contributed by atoms with Crippen LogP contribution in [0.2, 0.25) is 0 Å². The van der Waals surface area contributed by atoms with E-state index in [9.17, 15) is 0 Å². The molecule has 2 aromatic heterocycles. The Kier molecular flexibility index (Phi) is 1.80. The van der Waals surface area contributed by atoms with Gasteiger partial charge in [-0.15, -0.1) is 0 Å². The summed E-state index contributed by atoms with van der Waals surface area (Å²) in [6.07, 6.45) is 4.29. The van der Waals surface area contributed by atoms with Crippen LogP contribution in [0.3, 0.4) is 0 Å². The fourth-order valence-corrected chi connectivity index (χ4v) is 1.54. The third-order valence-electron chi connectivity index (χ3n) is 2.64. The van der Waals surface area contributed by atoms with Gasteiger partial charge in [-0.2, -0.15) is 5.10 Å². The molecule has 0 unspecified atom stereocenters. The number of aromatic nitrogens is 4. The lowest BCUT2D eigenvalue weighted by molar-refractivity contribution is 0.935. The number of nitrogens with one attached hydrogen (secondary N) is 1. The van der Waals surface area contributed by atoms with Crippen LogP contribution in [0, 0.1) is 6.92 Å². The predicted molar refractivity (Wildman–Crippen MR) is 56.3 cm³/mol. The van der Waals surface area contributed by atoms with E-state index in [1.165, 1.54) is 12.8 Å². The first-order valence-corrected chi connectivity index (χ1v) is 5.18. The first kappa shape index (κ1) is 8.59. The fourth-order valence-electron chi connectivity index (χ4n) is 1.54. The highest BCUT2D eigenvalue weighted by Crippen LogP contribution is 2.38. The molecule has 4 heteroatoms. The van der Waals surface area contributed by atoms with Crippen LogP contribution in [0.15, 0.2) is 18.3 Å². The van der Waals surface area contributed by atoms with Gasteiger partial charge in [-0.3, -0.25) is 10.1 Å². The molecule has 3 rings (SSSR count). The van der Waals surface area contributed by atoms with Gasteiger partial charge < -0.3 is 0 Å². The molecule has 1 saturated carbocycles. The Bertz CT molecular complexity index is 468. The van der Waals surface area contributed by atoms with Crippen LogP contribution >= 0.6 is 0 Å². The van der Waals surface area contributed by atoms with Gasteiger partial charge in [-0.1, -0.05) is 0 Å². The van der Waals surface area contributed by atoms with Crippen molar-refractivity contribution in [1.29, 1.82) is 0 Å². The minimum Gasteiger partial charge on any atom is -0.262 e. The molecule has 0 spiro atoms.